The molecule has 0 saturated heterocycles. The van der Waals surface area contributed by atoms with Crippen molar-refractivity contribution in [2.45, 2.75) is 13.8 Å². The van der Waals surface area contributed by atoms with Crippen LogP contribution in [0.2, 0.25) is 0 Å². The van der Waals surface area contributed by atoms with Gasteiger partial charge < -0.3 is 9.05 Å². The Bertz CT molecular complexity index is 957. The molecule has 1 N–H and O–H groups in total. The Kier molecular flexibility index (Phi) is 6.62. The summed E-state index contributed by atoms with van der Waals surface area (Å²) in [5.41, 5.74) is 4.45. The fourth-order valence-electron chi connectivity index (χ4n) is 2.81. The maximum absolute atomic E-state index is 12.1. The van der Waals surface area contributed by atoms with Crippen LogP contribution in [-0.4, -0.2) is 4.89 Å². The highest BCUT2D eigenvalue weighted by Gasteiger charge is 2.31. The van der Waals surface area contributed by atoms with E-state index in [1.807, 2.05) is 38.1 Å². The molecule has 1 heterocycles. The molecule has 1 aliphatic rings. The minimum atomic E-state index is -4.26. The van der Waals surface area contributed by atoms with Gasteiger partial charge in [0.2, 0.25) is 0 Å². The van der Waals surface area contributed by atoms with Gasteiger partial charge in [0.15, 0.2) is 0 Å². The third-order valence-corrected chi connectivity index (χ3v) is 4.72. The lowest BCUT2D eigenvalue weighted by atomic mass is 9.89. The molecule has 1 aliphatic heterocycles. The van der Waals surface area contributed by atoms with Crippen molar-refractivity contribution in [2.24, 2.45) is 0 Å². The fourth-order valence-corrected chi connectivity index (χ4v) is 3.49. The van der Waals surface area contributed by atoms with Gasteiger partial charge in [0.05, 0.1) is 0 Å². The van der Waals surface area contributed by atoms with Crippen LogP contribution >= 0.6 is 7.82 Å². The van der Waals surface area contributed by atoms with E-state index in [1.165, 1.54) is 6.26 Å². The van der Waals surface area contributed by atoms with Crippen molar-refractivity contribution in [1.29, 1.82) is 0 Å². The molecule has 27 heavy (non-hydrogen) atoms. The van der Waals surface area contributed by atoms with Gasteiger partial charge in [-0.05, 0) is 28.3 Å². The van der Waals surface area contributed by atoms with Crippen LogP contribution in [0.25, 0.3) is 23.8 Å². The molecule has 0 bridgehead atoms. The van der Waals surface area contributed by atoms with Gasteiger partial charge in [0.25, 0.3) is 0 Å². The maximum Gasteiger partial charge on any atom is 0.584 e. The number of rotatable bonds is 4. The Morgan fingerprint density at radius 1 is 0.963 bits per heavy atom. The summed E-state index contributed by atoms with van der Waals surface area (Å²) in [4.78, 5) is 9.88. The van der Waals surface area contributed by atoms with E-state index < -0.39 is 7.82 Å². The molecule has 0 aromatic heterocycles. The Morgan fingerprint density at radius 2 is 1.63 bits per heavy atom. The van der Waals surface area contributed by atoms with Crippen LogP contribution in [0.5, 0.6) is 5.75 Å². The molecule has 140 valence electrons. The van der Waals surface area contributed by atoms with Gasteiger partial charge in [-0.2, -0.15) is 0 Å². The van der Waals surface area contributed by atoms with Crippen LogP contribution in [0.4, 0.5) is 0 Å². The smallest absolute Gasteiger partial charge is 0.402 e. The summed E-state index contributed by atoms with van der Waals surface area (Å²) in [6.45, 7) is 15.5. The van der Waals surface area contributed by atoms with Crippen molar-refractivity contribution in [2.75, 3.05) is 0 Å². The van der Waals surface area contributed by atoms with Crippen LogP contribution in [0, 0.1) is 0 Å². The first-order valence-electron chi connectivity index (χ1n) is 8.56. The van der Waals surface area contributed by atoms with Gasteiger partial charge in [-0.3, -0.25) is 4.89 Å². The van der Waals surface area contributed by atoms with Gasteiger partial charge >= 0.3 is 7.82 Å². The van der Waals surface area contributed by atoms with Crippen molar-refractivity contribution in [3.05, 3.63) is 90.2 Å². The summed E-state index contributed by atoms with van der Waals surface area (Å²) in [5, 5.41) is 0. The Morgan fingerprint density at radius 3 is 2.26 bits per heavy atom. The largest absolute Gasteiger partial charge is 0.584 e. The molecule has 2 aromatic carbocycles. The predicted molar refractivity (Wildman–Crippen MR) is 113 cm³/mol. The van der Waals surface area contributed by atoms with Crippen LogP contribution in [0.3, 0.4) is 0 Å². The molecule has 2 aromatic rings. The third-order valence-electron chi connectivity index (χ3n) is 3.92. The second kappa shape index (κ2) is 8.72. The molecular weight excluding hydrogens is 359 g/mol. The monoisotopic (exact) mass is 382 g/mol. The van der Waals surface area contributed by atoms with Gasteiger partial charge in [-0.1, -0.05) is 82.1 Å². The highest BCUT2D eigenvalue weighted by atomic mass is 31.2. The van der Waals surface area contributed by atoms with E-state index in [-0.39, 0.29) is 5.75 Å². The number of hydrogen-bond acceptors (Lipinski definition) is 3. The first kappa shape index (κ1) is 20.5. The lowest BCUT2D eigenvalue weighted by molar-refractivity contribution is 0.269. The van der Waals surface area contributed by atoms with Gasteiger partial charge in [0, 0.05) is 11.1 Å². The molecular formula is C22H23O4P. The maximum atomic E-state index is 12.1. The van der Waals surface area contributed by atoms with Crippen molar-refractivity contribution in [3.8, 4) is 5.75 Å². The topological polar surface area (TPSA) is 55.8 Å². The summed E-state index contributed by atoms with van der Waals surface area (Å²) in [6, 6.07) is 10.9. The van der Waals surface area contributed by atoms with E-state index in [0.717, 1.165) is 22.3 Å². The van der Waals surface area contributed by atoms with Gasteiger partial charge in [-0.25, -0.2) is 4.57 Å². The quantitative estimate of drug-likeness (QED) is 0.610. The van der Waals surface area contributed by atoms with Gasteiger partial charge in [-0.15, -0.1) is 0 Å². The normalized spacial score (nSPS) is 17.5. The van der Waals surface area contributed by atoms with E-state index in [4.69, 9.17) is 9.05 Å². The summed E-state index contributed by atoms with van der Waals surface area (Å²) in [7, 11) is -4.26. The summed E-state index contributed by atoms with van der Waals surface area (Å²) in [5.74, 6) is 0.244. The van der Waals surface area contributed by atoms with Crippen molar-refractivity contribution < 1.29 is 18.5 Å². The van der Waals surface area contributed by atoms with Crippen molar-refractivity contribution in [3.63, 3.8) is 0 Å². The molecule has 0 spiro atoms. The first-order valence-corrected chi connectivity index (χ1v) is 10.1. The van der Waals surface area contributed by atoms with Crippen molar-refractivity contribution >= 4 is 31.6 Å². The summed E-state index contributed by atoms with van der Waals surface area (Å²) >= 11 is 0. The van der Waals surface area contributed by atoms with E-state index in [2.05, 4.69) is 19.7 Å². The van der Waals surface area contributed by atoms with E-state index in [9.17, 15) is 9.46 Å². The lowest BCUT2D eigenvalue weighted by Gasteiger charge is -2.16. The highest BCUT2D eigenvalue weighted by molar-refractivity contribution is 7.48. The Balaban J connectivity index is 0.00000126. The molecule has 1 atom stereocenters. The number of hydrogen-bond donors (Lipinski definition) is 1. The van der Waals surface area contributed by atoms with Crippen LogP contribution in [0.1, 0.15) is 41.7 Å². The SMILES string of the molecule is C=Cc1ccccc1C1=COP(=O)(O)Oc2ccc(C=C)c(C=C)c21.CC. The molecule has 0 fully saturated rings. The zero-order valence-electron chi connectivity index (χ0n) is 15.5. The zero-order chi connectivity index (χ0) is 20.0. The average Bonchev–Trinajstić information content (AvgIpc) is 2.83. The molecule has 0 saturated carbocycles. The molecule has 0 radical (unpaired) electrons. The van der Waals surface area contributed by atoms with Gasteiger partial charge in [0.1, 0.15) is 12.0 Å². The summed E-state index contributed by atoms with van der Waals surface area (Å²) < 4.78 is 22.4. The second-order valence-electron chi connectivity index (χ2n) is 5.34. The lowest BCUT2D eigenvalue weighted by Crippen LogP contribution is -1.98. The minimum absolute atomic E-state index is 0.244. The number of phosphoric ester groups is 1. The van der Waals surface area contributed by atoms with E-state index >= 15 is 0 Å². The minimum Gasteiger partial charge on any atom is -0.402 e. The van der Waals surface area contributed by atoms with Crippen molar-refractivity contribution in [1.82, 2.24) is 0 Å². The highest BCUT2D eigenvalue weighted by Crippen LogP contribution is 2.52. The average molecular weight is 382 g/mol. The number of benzene rings is 2. The zero-order valence-corrected chi connectivity index (χ0v) is 16.4. The Hall–Kier alpha value is -2.81. The number of phosphoric acid groups is 1. The number of fused-ring (bicyclic) bond motifs is 1. The predicted octanol–water partition coefficient (Wildman–Crippen LogP) is 6.54. The van der Waals surface area contributed by atoms with Crippen LogP contribution < -0.4 is 4.52 Å². The second-order valence-corrected chi connectivity index (χ2v) is 6.67. The molecule has 4 nitrogen and oxygen atoms in total. The van der Waals surface area contributed by atoms with Crippen LogP contribution in [-0.2, 0) is 9.09 Å². The molecule has 0 aliphatic carbocycles. The molecule has 0 amide bonds. The van der Waals surface area contributed by atoms with Crippen LogP contribution in [0.15, 0.2) is 62.4 Å². The molecule has 1 unspecified atom stereocenters. The first-order chi connectivity index (χ1) is 13.0. The Labute approximate surface area is 160 Å². The summed E-state index contributed by atoms with van der Waals surface area (Å²) in [6.07, 6.45) is 6.33. The van der Waals surface area contributed by atoms with E-state index in [1.54, 1.807) is 30.4 Å². The molecule has 3 rings (SSSR count). The van der Waals surface area contributed by atoms with E-state index in [0.29, 0.717) is 11.1 Å². The standard InChI is InChI=1S/C20H17O4P.C2H6/c1-4-14-9-7-8-10-17(14)18-13-23-25(21,22)24-19-12-11-15(5-2)16(6-3)20(18)19;1-2/h4-13H,1-3H2,(H,21,22);1-2H3. The fraction of sp³-hybridized carbons (Fsp3) is 0.0909. The molecule has 5 heteroatoms. The third kappa shape index (κ3) is 4.13.